The van der Waals surface area contributed by atoms with Crippen molar-refractivity contribution in [1.29, 1.82) is 0 Å². The zero-order valence-corrected chi connectivity index (χ0v) is 15.1. The van der Waals surface area contributed by atoms with Crippen LogP contribution in [0.2, 0.25) is 0 Å². The van der Waals surface area contributed by atoms with Crippen LogP contribution in [0.1, 0.15) is 10.4 Å². The van der Waals surface area contributed by atoms with Gasteiger partial charge in [-0.1, -0.05) is 30.3 Å². The molecule has 0 saturated heterocycles. The van der Waals surface area contributed by atoms with Gasteiger partial charge < -0.3 is 10.6 Å². The van der Waals surface area contributed by atoms with Crippen molar-refractivity contribution in [3.63, 3.8) is 0 Å². The van der Waals surface area contributed by atoms with Crippen LogP contribution in [0.15, 0.2) is 71.2 Å². The van der Waals surface area contributed by atoms with Gasteiger partial charge in [0, 0.05) is 36.8 Å². The summed E-state index contributed by atoms with van der Waals surface area (Å²) < 4.78 is 0. The lowest BCUT2D eigenvalue weighted by Gasteiger charge is -2.12. The summed E-state index contributed by atoms with van der Waals surface area (Å²) in [7, 11) is 1.80. The summed E-state index contributed by atoms with van der Waals surface area (Å²) >= 11 is 1.79. The minimum Gasteiger partial charge on any atom is -0.356 e. The summed E-state index contributed by atoms with van der Waals surface area (Å²) in [5, 5.41) is 8.83. The number of thiophene rings is 1. The molecule has 0 unspecified atom stereocenters. The van der Waals surface area contributed by atoms with Gasteiger partial charge in [0.25, 0.3) is 0 Å². The molecule has 2 aromatic heterocycles. The largest absolute Gasteiger partial charge is 0.356 e. The molecule has 2 N–H and O–H groups in total. The van der Waals surface area contributed by atoms with E-state index in [4.69, 9.17) is 0 Å². The number of guanidine groups is 1. The summed E-state index contributed by atoms with van der Waals surface area (Å²) in [6.45, 7) is 1.59. The third kappa shape index (κ3) is 5.16. The third-order valence-electron chi connectivity index (χ3n) is 3.82. The average molecular weight is 350 g/mol. The first-order chi connectivity index (χ1) is 12.3. The number of aromatic nitrogens is 1. The van der Waals surface area contributed by atoms with Gasteiger partial charge in [0.2, 0.25) is 0 Å². The van der Waals surface area contributed by atoms with Crippen molar-refractivity contribution in [2.75, 3.05) is 13.6 Å². The molecule has 0 aliphatic heterocycles. The van der Waals surface area contributed by atoms with Gasteiger partial charge in [-0.3, -0.25) is 9.98 Å². The molecule has 3 aromatic rings. The van der Waals surface area contributed by atoms with E-state index in [2.05, 4.69) is 62.4 Å². The Labute approximate surface area is 152 Å². The van der Waals surface area contributed by atoms with E-state index in [9.17, 15) is 0 Å². The first-order valence-corrected chi connectivity index (χ1v) is 9.20. The second kappa shape index (κ2) is 8.99. The Hall–Kier alpha value is -2.66. The maximum Gasteiger partial charge on any atom is 0.191 e. The molecule has 0 saturated carbocycles. The highest BCUT2D eigenvalue weighted by Gasteiger charge is 2.02. The molecule has 0 fully saturated rings. The lowest BCUT2D eigenvalue weighted by atomic mass is 10.1. The van der Waals surface area contributed by atoms with Crippen LogP contribution in [0, 0.1) is 0 Å². The molecule has 0 spiro atoms. The Balaban J connectivity index is 1.53. The van der Waals surface area contributed by atoms with Crippen molar-refractivity contribution in [2.24, 2.45) is 4.99 Å². The van der Waals surface area contributed by atoms with Gasteiger partial charge >= 0.3 is 0 Å². The number of hydrogen-bond acceptors (Lipinski definition) is 3. The summed E-state index contributed by atoms with van der Waals surface area (Å²) in [4.78, 5) is 10.1. The quantitative estimate of drug-likeness (QED) is 0.526. The molecule has 0 amide bonds. The van der Waals surface area contributed by atoms with Gasteiger partial charge in [-0.2, -0.15) is 0 Å². The summed E-state index contributed by atoms with van der Waals surface area (Å²) in [6, 6.07) is 18.6. The molecule has 1 aromatic carbocycles. The third-order valence-corrected chi connectivity index (χ3v) is 4.75. The topological polar surface area (TPSA) is 49.3 Å². The highest BCUT2D eigenvalue weighted by Crippen LogP contribution is 2.17. The van der Waals surface area contributed by atoms with Crippen LogP contribution in [-0.2, 0) is 13.0 Å². The molecular formula is C20H22N4S. The fraction of sp³-hybridized carbons (Fsp3) is 0.200. The van der Waals surface area contributed by atoms with E-state index in [-0.39, 0.29) is 0 Å². The van der Waals surface area contributed by atoms with Crippen molar-refractivity contribution < 1.29 is 0 Å². The smallest absolute Gasteiger partial charge is 0.191 e. The van der Waals surface area contributed by atoms with Gasteiger partial charge in [-0.25, -0.2) is 0 Å². The number of rotatable bonds is 6. The molecule has 0 aliphatic carbocycles. The maximum absolute atomic E-state index is 4.41. The van der Waals surface area contributed by atoms with Crippen molar-refractivity contribution >= 4 is 17.3 Å². The number of aliphatic imine (C=N–C) groups is 1. The van der Waals surface area contributed by atoms with E-state index in [1.807, 2.05) is 24.4 Å². The maximum atomic E-state index is 4.41. The van der Waals surface area contributed by atoms with E-state index in [0.29, 0.717) is 0 Å². The van der Waals surface area contributed by atoms with Crippen LogP contribution in [-0.4, -0.2) is 24.5 Å². The van der Waals surface area contributed by atoms with Crippen LogP contribution in [0.5, 0.6) is 0 Å². The Morgan fingerprint density at radius 2 is 2.04 bits per heavy atom. The molecule has 25 heavy (non-hydrogen) atoms. The van der Waals surface area contributed by atoms with E-state index in [0.717, 1.165) is 36.7 Å². The first-order valence-electron chi connectivity index (χ1n) is 8.32. The second-order valence-electron chi connectivity index (χ2n) is 5.60. The lowest BCUT2D eigenvalue weighted by Crippen LogP contribution is -2.37. The molecular weight excluding hydrogens is 328 g/mol. The van der Waals surface area contributed by atoms with Crippen molar-refractivity contribution in [3.8, 4) is 11.3 Å². The number of hydrogen-bond donors (Lipinski definition) is 2. The van der Waals surface area contributed by atoms with Crippen LogP contribution >= 0.6 is 11.3 Å². The summed E-state index contributed by atoms with van der Waals surface area (Å²) in [5.74, 6) is 0.819. The molecule has 4 nitrogen and oxygen atoms in total. The minimum atomic E-state index is 0.722. The van der Waals surface area contributed by atoms with Crippen molar-refractivity contribution in [1.82, 2.24) is 15.6 Å². The Morgan fingerprint density at radius 3 is 2.80 bits per heavy atom. The van der Waals surface area contributed by atoms with Crippen LogP contribution in [0.4, 0.5) is 0 Å². The van der Waals surface area contributed by atoms with Gasteiger partial charge in [0.05, 0.1) is 5.69 Å². The minimum absolute atomic E-state index is 0.722. The molecule has 0 radical (unpaired) electrons. The normalized spacial score (nSPS) is 11.3. The zero-order valence-electron chi connectivity index (χ0n) is 14.3. The monoisotopic (exact) mass is 350 g/mol. The fourth-order valence-electron chi connectivity index (χ4n) is 2.54. The van der Waals surface area contributed by atoms with Gasteiger partial charge in [-0.15, -0.1) is 11.3 Å². The first kappa shape index (κ1) is 17.2. The second-order valence-corrected chi connectivity index (χ2v) is 6.63. The number of benzene rings is 1. The molecule has 3 rings (SSSR count). The Morgan fingerprint density at radius 1 is 1.08 bits per heavy atom. The highest BCUT2D eigenvalue weighted by molar-refractivity contribution is 7.09. The van der Waals surface area contributed by atoms with E-state index < -0.39 is 0 Å². The summed E-state index contributed by atoms with van der Waals surface area (Å²) in [5.41, 5.74) is 3.31. The molecule has 5 heteroatoms. The van der Waals surface area contributed by atoms with E-state index in [1.54, 1.807) is 18.4 Å². The molecule has 128 valence electrons. The van der Waals surface area contributed by atoms with Crippen molar-refractivity contribution in [2.45, 2.75) is 13.0 Å². The Bertz CT molecular complexity index is 798. The zero-order chi connectivity index (χ0) is 17.3. The van der Waals surface area contributed by atoms with Crippen LogP contribution < -0.4 is 10.6 Å². The highest BCUT2D eigenvalue weighted by atomic mass is 32.1. The Kier molecular flexibility index (Phi) is 6.17. The van der Waals surface area contributed by atoms with Gasteiger partial charge in [0.1, 0.15) is 0 Å². The van der Waals surface area contributed by atoms with E-state index in [1.165, 1.54) is 10.4 Å². The summed E-state index contributed by atoms with van der Waals surface area (Å²) in [6.07, 6.45) is 2.83. The molecule has 0 aliphatic rings. The molecule has 0 atom stereocenters. The molecule has 0 bridgehead atoms. The number of nitrogens with one attached hydrogen (secondary N) is 2. The predicted molar refractivity (Wildman–Crippen MR) is 106 cm³/mol. The molecule has 2 heterocycles. The number of nitrogens with zero attached hydrogens (tertiary/aromatic N) is 2. The number of pyridine rings is 1. The van der Waals surface area contributed by atoms with Crippen LogP contribution in [0.25, 0.3) is 11.3 Å². The van der Waals surface area contributed by atoms with E-state index >= 15 is 0 Å². The van der Waals surface area contributed by atoms with Gasteiger partial charge in [0.15, 0.2) is 5.96 Å². The predicted octanol–water partition coefficient (Wildman–Crippen LogP) is 3.72. The lowest BCUT2D eigenvalue weighted by molar-refractivity contribution is 0.799. The van der Waals surface area contributed by atoms with Gasteiger partial charge in [-0.05, 0) is 41.6 Å². The SMILES string of the molecule is CN=C(NCCc1cccs1)NCc1cccc(-c2ccccn2)c1. The average Bonchev–Trinajstić information content (AvgIpc) is 3.19. The van der Waals surface area contributed by atoms with Crippen LogP contribution in [0.3, 0.4) is 0 Å². The fourth-order valence-corrected chi connectivity index (χ4v) is 3.25. The van der Waals surface area contributed by atoms with Crippen molar-refractivity contribution in [3.05, 3.63) is 76.6 Å². The standard InChI is InChI=1S/C20H22N4S/c1-21-20(23-12-10-18-8-5-13-25-18)24-15-16-6-4-7-17(14-16)19-9-2-3-11-22-19/h2-9,11,13-14H,10,12,15H2,1H3,(H2,21,23,24).